The van der Waals surface area contributed by atoms with Crippen LogP contribution >= 0.6 is 11.3 Å². The molecule has 0 fully saturated rings. The van der Waals surface area contributed by atoms with Crippen LogP contribution in [-0.4, -0.2) is 30.8 Å². The van der Waals surface area contributed by atoms with Crippen LogP contribution in [0.25, 0.3) is 5.69 Å². The van der Waals surface area contributed by atoms with Crippen LogP contribution in [0.3, 0.4) is 0 Å². The number of carboxylic acids is 1. The number of benzene rings is 1. The standard InChI is InChI=1S/C14H13N5O2S/c1-9-17-18-14(22-9)15-6-10-7-19(8-16-10)12-5-3-2-4-11(12)13(20)21/h2-5,7-8H,6H2,1H3,(H,15,18)(H,20,21). The van der Waals surface area contributed by atoms with E-state index in [1.54, 1.807) is 41.4 Å². The summed E-state index contributed by atoms with van der Waals surface area (Å²) in [4.78, 5) is 15.5. The van der Waals surface area contributed by atoms with Crippen LogP contribution in [0.4, 0.5) is 5.13 Å². The van der Waals surface area contributed by atoms with Crippen LogP contribution in [-0.2, 0) is 6.54 Å². The van der Waals surface area contributed by atoms with E-state index >= 15 is 0 Å². The van der Waals surface area contributed by atoms with Crippen LogP contribution in [0.2, 0.25) is 0 Å². The van der Waals surface area contributed by atoms with E-state index in [4.69, 9.17) is 0 Å². The Morgan fingerprint density at radius 1 is 1.36 bits per heavy atom. The van der Waals surface area contributed by atoms with Gasteiger partial charge in [-0.15, -0.1) is 10.2 Å². The summed E-state index contributed by atoms with van der Waals surface area (Å²) in [5.41, 5.74) is 1.60. The Labute approximate surface area is 130 Å². The van der Waals surface area contributed by atoms with Crippen molar-refractivity contribution in [2.75, 3.05) is 5.32 Å². The first-order valence-electron chi connectivity index (χ1n) is 6.53. The number of aromatic nitrogens is 4. The van der Waals surface area contributed by atoms with Gasteiger partial charge in [-0.2, -0.15) is 0 Å². The van der Waals surface area contributed by atoms with Crippen LogP contribution in [0.5, 0.6) is 0 Å². The number of imidazole rings is 1. The first kappa shape index (κ1) is 14.2. The molecule has 8 heteroatoms. The van der Waals surface area contributed by atoms with Crippen molar-refractivity contribution in [2.45, 2.75) is 13.5 Å². The van der Waals surface area contributed by atoms with Crippen LogP contribution in [0.15, 0.2) is 36.8 Å². The molecule has 0 aliphatic carbocycles. The first-order valence-corrected chi connectivity index (χ1v) is 7.34. The lowest BCUT2D eigenvalue weighted by Gasteiger charge is -2.05. The lowest BCUT2D eigenvalue weighted by molar-refractivity contribution is 0.0697. The Bertz CT molecular complexity index is 811. The molecule has 112 valence electrons. The number of aryl methyl sites for hydroxylation is 1. The second kappa shape index (κ2) is 5.94. The van der Waals surface area contributed by atoms with Crippen molar-refractivity contribution in [1.82, 2.24) is 19.7 Å². The Kier molecular flexibility index (Phi) is 3.84. The van der Waals surface area contributed by atoms with Gasteiger partial charge in [0, 0.05) is 6.20 Å². The van der Waals surface area contributed by atoms with Crippen molar-refractivity contribution in [1.29, 1.82) is 0 Å². The predicted molar refractivity (Wildman–Crippen MR) is 82.5 cm³/mol. The molecule has 3 aromatic rings. The molecule has 0 radical (unpaired) electrons. The number of hydrogen-bond donors (Lipinski definition) is 2. The van der Waals surface area contributed by atoms with Crippen molar-refractivity contribution in [3.05, 3.63) is 53.1 Å². The lowest BCUT2D eigenvalue weighted by Crippen LogP contribution is -2.04. The summed E-state index contributed by atoms with van der Waals surface area (Å²) in [7, 11) is 0. The normalized spacial score (nSPS) is 10.6. The summed E-state index contributed by atoms with van der Waals surface area (Å²) in [5.74, 6) is -0.965. The Morgan fingerprint density at radius 2 is 2.18 bits per heavy atom. The third-order valence-electron chi connectivity index (χ3n) is 3.00. The number of para-hydroxylation sites is 1. The van der Waals surface area contributed by atoms with Gasteiger partial charge in [0.2, 0.25) is 5.13 Å². The van der Waals surface area contributed by atoms with Gasteiger partial charge in [0.15, 0.2) is 0 Å². The summed E-state index contributed by atoms with van der Waals surface area (Å²) in [5, 5.41) is 21.9. The molecule has 0 amide bonds. The molecule has 7 nitrogen and oxygen atoms in total. The largest absolute Gasteiger partial charge is 0.478 e. The molecule has 1 aromatic carbocycles. The molecule has 2 heterocycles. The van der Waals surface area contributed by atoms with Gasteiger partial charge in [0.05, 0.1) is 29.8 Å². The molecule has 0 unspecified atom stereocenters. The number of nitrogens with one attached hydrogen (secondary N) is 1. The molecular weight excluding hydrogens is 302 g/mol. The van der Waals surface area contributed by atoms with E-state index in [0.717, 1.165) is 15.8 Å². The van der Waals surface area contributed by atoms with Gasteiger partial charge in [0.25, 0.3) is 0 Å². The van der Waals surface area contributed by atoms with E-state index in [0.29, 0.717) is 12.2 Å². The van der Waals surface area contributed by atoms with Crippen LogP contribution < -0.4 is 5.32 Å². The second-order valence-corrected chi connectivity index (χ2v) is 5.76. The van der Waals surface area contributed by atoms with Gasteiger partial charge in [-0.25, -0.2) is 9.78 Å². The van der Waals surface area contributed by atoms with Crippen LogP contribution in [0, 0.1) is 6.92 Å². The number of aromatic carboxylic acids is 1. The summed E-state index contributed by atoms with van der Waals surface area (Å²) in [6.07, 6.45) is 3.40. The number of carboxylic acid groups (broad SMARTS) is 1. The third kappa shape index (κ3) is 2.96. The maximum Gasteiger partial charge on any atom is 0.337 e. The number of hydrogen-bond acceptors (Lipinski definition) is 6. The molecule has 0 spiro atoms. The molecule has 0 aliphatic heterocycles. The summed E-state index contributed by atoms with van der Waals surface area (Å²) >= 11 is 1.47. The zero-order chi connectivity index (χ0) is 15.5. The van der Waals surface area contributed by atoms with Gasteiger partial charge in [-0.05, 0) is 19.1 Å². The number of rotatable bonds is 5. The van der Waals surface area contributed by atoms with E-state index in [1.165, 1.54) is 11.3 Å². The highest BCUT2D eigenvalue weighted by Crippen LogP contribution is 2.17. The zero-order valence-corrected chi connectivity index (χ0v) is 12.5. The molecule has 0 saturated carbocycles. The third-order valence-corrected chi connectivity index (χ3v) is 3.79. The maximum atomic E-state index is 11.3. The molecule has 0 aliphatic rings. The Hall–Kier alpha value is -2.74. The minimum atomic E-state index is -0.965. The number of anilines is 1. The van der Waals surface area contributed by atoms with Gasteiger partial charge in [-0.1, -0.05) is 23.5 Å². The SMILES string of the molecule is Cc1nnc(NCc2cn(-c3ccccc3C(=O)O)cn2)s1. The molecule has 22 heavy (non-hydrogen) atoms. The highest BCUT2D eigenvalue weighted by molar-refractivity contribution is 7.15. The minimum absolute atomic E-state index is 0.235. The predicted octanol–water partition coefficient (Wildman–Crippen LogP) is 2.34. The highest BCUT2D eigenvalue weighted by atomic mass is 32.1. The van der Waals surface area contributed by atoms with Crippen molar-refractivity contribution < 1.29 is 9.90 Å². The summed E-state index contributed by atoms with van der Waals surface area (Å²) in [6.45, 7) is 2.39. The second-order valence-electron chi connectivity index (χ2n) is 4.57. The molecule has 0 atom stereocenters. The highest BCUT2D eigenvalue weighted by Gasteiger charge is 2.11. The first-order chi connectivity index (χ1) is 10.6. The fourth-order valence-corrected chi connectivity index (χ4v) is 2.59. The minimum Gasteiger partial charge on any atom is -0.478 e. The molecule has 2 aromatic heterocycles. The van der Waals surface area contributed by atoms with Gasteiger partial charge < -0.3 is 15.0 Å². The molecule has 2 N–H and O–H groups in total. The average Bonchev–Trinajstić information content (AvgIpc) is 3.14. The maximum absolute atomic E-state index is 11.3. The quantitative estimate of drug-likeness (QED) is 0.750. The topological polar surface area (TPSA) is 92.9 Å². The van der Waals surface area contributed by atoms with Crippen LogP contribution in [0.1, 0.15) is 21.1 Å². The lowest BCUT2D eigenvalue weighted by atomic mass is 10.2. The molecule has 0 bridgehead atoms. The van der Waals surface area contributed by atoms with Gasteiger partial charge in [-0.3, -0.25) is 0 Å². The van der Waals surface area contributed by atoms with Crippen molar-refractivity contribution in [2.24, 2.45) is 0 Å². The van der Waals surface area contributed by atoms with E-state index in [9.17, 15) is 9.90 Å². The monoisotopic (exact) mass is 315 g/mol. The van der Waals surface area contributed by atoms with Crippen molar-refractivity contribution >= 4 is 22.4 Å². The Balaban J connectivity index is 1.78. The van der Waals surface area contributed by atoms with Crippen molar-refractivity contribution in [3.63, 3.8) is 0 Å². The fraction of sp³-hybridized carbons (Fsp3) is 0.143. The zero-order valence-electron chi connectivity index (χ0n) is 11.7. The van der Waals surface area contributed by atoms with Gasteiger partial charge >= 0.3 is 5.97 Å². The fourth-order valence-electron chi connectivity index (χ4n) is 2.00. The van der Waals surface area contributed by atoms with Crippen molar-refractivity contribution in [3.8, 4) is 5.69 Å². The molecular formula is C14H13N5O2S. The molecule has 0 saturated heterocycles. The number of nitrogens with zero attached hydrogens (tertiary/aromatic N) is 4. The van der Waals surface area contributed by atoms with E-state index in [-0.39, 0.29) is 5.56 Å². The van der Waals surface area contributed by atoms with E-state index in [1.807, 2.05) is 6.92 Å². The Morgan fingerprint density at radius 3 is 2.91 bits per heavy atom. The smallest absolute Gasteiger partial charge is 0.337 e. The van der Waals surface area contributed by atoms with E-state index < -0.39 is 5.97 Å². The van der Waals surface area contributed by atoms with E-state index in [2.05, 4.69) is 20.5 Å². The molecule has 3 rings (SSSR count). The average molecular weight is 315 g/mol. The van der Waals surface area contributed by atoms with Gasteiger partial charge in [0.1, 0.15) is 5.01 Å². The number of carbonyl (C=O) groups is 1. The summed E-state index contributed by atoms with van der Waals surface area (Å²) in [6, 6.07) is 6.81. The summed E-state index contributed by atoms with van der Waals surface area (Å²) < 4.78 is 1.70.